The number of alkyl halides is 2. The van der Waals surface area contributed by atoms with E-state index in [9.17, 15) is 17.6 Å². The average molecular weight is 426 g/mol. The van der Waals surface area contributed by atoms with Gasteiger partial charge in [-0.05, 0) is 54.5 Å². The largest absolute Gasteiger partial charge is 0.266 e. The van der Waals surface area contributed by atoms with E-state index in [4.69, 9.17) is 0 Å². The molecule has 0 aromatic heterocycles. The zero-order valence-corrected chi connectivity index (χ0v) is 17.8. The predicted octanol–water partition coefficient (Wildman–Crippen LogP) is 8.48. The van der Waals surface area contributed by atoms with Crippen LogP contribution in [-0.4, -0.2) is 0 Å². The molecule has 0 aliphatic rings. The number of halogens is 4. The van der Waals surface area contributed by atoms with Crippen molar-refractivity contribution in [2.45, 2.75) is 46.0 Å². The molecule has 3 rings (SSSR count). The molecule has 0 radical (unpaired) electrons. The Bertz CT molecular complexity index is 1050. The molecule has 0 fully saturated rings. The highest BCUT2D eigenvalue weighted by Gasteiger charge is 2.20. The Labute approximate surface area is 181 Å². The van der Waals surface area contributed by atoms with Gasteiger partial charge in [-0.15, -0.1) is 0 Å². The Kier molecular flexibility index (Phi) is 7.67. The number of allylic oxidation sites excluding steroid dienone is 1. The predicted molar refractivity (Wildman–Crippen MR) is 119 cm³/mol. The van der Waals surface area contributed by atoms with Crippen LogP contribution in [0.15, 0.2) is 60.7 Å². The minimum Gasteiger partial charge on any atom is -0.206 e. The molecule has 0 saturated carbocycles. The summed E-state index contributed by atoms with van der Waals surface area (Å²) in [5.41, 5.74) is 2.69. The molecule has 0 nitrogen and oxygen atoms in total. The minimum absolute atomic E-state index is 0.0261. The smallest absolute Gasteiger partial charge is 0.206 e. The molecule has 0 N–H and O–H groups in total. The van der Waals surface area contributed by atoms with Crippen LogP contribution in [0.25, 0.3) is 17.2 Å². The maximum atomic E-state index is 14.6. The van der Waals surface area contributed by atoms with Crippen molar-refractivity contribution < 1.29 is 17.6 Å². The van der Waals surface area contributed by atoms with Gasteiger partial charge in [0.15, 0.2) is 0 Å². The highest BCUT2D eigenvalue weighted by Crippen LogP contribution is 2.33. The molecule has 4 heteroatoms. The number of rotatable bonds is 8. The summed E-state index contributed by atoms with van der Waals surface area (Å²) in [4.78, 5) is 0. The van der Waals surface area contributed by atoms with Crippen molar-refractivity contribution in [3.05, 3.63) is 100 Å². The van der Waals surface area contributed by atoms with Crippen LogP contribution in [-0.2, 0) is 12.8 Å². The van der Waals surface area contributed by atoms with Gasteiger partial charge in [0.05, 0.1) is 5.56 Å². The summed E-state index contributed by atoms with van der Waals surface area (Å²) in [6, 6.07) is 15.7. The van der Waals surface area contributed by atoms with Crippen LogP contribution in [0.2, 0.25) is 0 Å². The van der Waals surface area contributed by atoms with Crippen LogP contribution in [0.1, 0.15) is 54.0 Å². The van der Waals surface area contributed by atoms with Gasteiger partial charge in [0, 0.05) is 11.1 Å². The van der Waals surface area contributed by atoms with Gasteiger partial charge in [0.1, 0.15) is 11.6 Å². The quantitative estimate of drug-likeness (QED) is 0.317. The van der Waals surface area contributed by atoms with E-state index in [-0.39, 0.29) is 16.7 Å². The molecule has 31 heavy (non-hydrogen) atoms. The molecule has 162 valence electrons. The fourth-order valence-corrected chi connectivity index (χ4v) is 3.63. The van der Waals surface area contributed by atoms with Crippen LogP contribution < -0.4 is 0 Å². The second kappa shape index (κ2) is 10.4. The van der Waals surface area contributed by atoms with Gasteiger partial charge in [-0.3, -0.25) is 0 Å². The molecule has 0 amide bonds. The van der Waals surface area contributed by atoms with E-state index in [1.807, 2.05) is 6.08 Å². The van der Waals surface area contributed by atoms with Crippen molar-refractivity contribution in [2.24, 2.45) is 0 Å². The lowest BCUT2D eigenvalue weighted by Crippen LogP contribution is -1.98. The first-order valence-electron chi connectivity index (χ1n) is 10.5. The first-order chi connectivity index (χ1) is 14.9. The Morgan fingerprint density at radius 3 is 2.16 bits per heavy atom. The zero-order chi connectivity index (χ0) is 22.4. The van der Waals surface area contributed by atoms with E-state index in [2.05, 4.69) is 31.2 Å². The highest BCUT2D eigenvalue weighted by atomic mass is 19.3. The fraction of sp³-hybridized carbons (Fsp3) is 0.259. The van der Waals surface area contributed by atoms with E-state index in [1.54, 1.807) is 18.2 Å². The van der Waals surface area contributed by atoms with E-state index in [0.717, 1.165) is 25.7 Å². The number of hydrogen-bond donors (Lipinski definition) is 0. The second-order valence-electron chi connectivity index (χ2n) is 7.70. The van der Waals surface area contributed by atoms with Gasteiger partial charge in [0.2, 0.25) is 0 Å². The number of aryl methyl sites for hydroxylation is 3. The molecule has 0 heterocycles. The van der Waals surface area contributed by atoms with Crippen LogP contribution in [0, 0.1) is 18.6 Å². The summed E-state index contributed by atoms with van der Waals surface area (Å²) in [5, 5.41) is 0. The summed E-state index contributed by atoms with van der Waals surface area (Å²) in [5.74, 6) is -1.51. The zero-order valence-electron chi connectivity index (χ0n) is 17.8. The van der Waals surface area contributed by atoms with Gasteiger partial charge in [-0.25, -0.2) is 17.6 Å². The van der Waals surface area contributed by atoms with E-state index >= 15 is 0 Å². The van der Waals surface area contributed by atoms with Gasteiger partial charge in [0.25, 0.3) is 6.43 Å². The maximum Gasteiger partial charge on any atom is 0.266 e. The molecule has 3 aromatic carbocycles. The average Bonchev–Trinajstić information content (AvgIpc) is 2.73. The van der Waals surface area contributed by atoms with Gasteiger partial charge < -0.3 is 0 Å². The van der Waals surface area contributed by atoms with Gasteiger partial charge >= 0.3 is 0 Å². The first-order valence-corrected chi connectivity index (χ1v) is 10.5. The maximum absolute atomic E-state index is 14.6. The molecule has 0 unspecified atom stereocenters. The SMILES string of the molecule is CCCc1ccc(CCC=Cc2ccc(-c3ccc(C)c(C(F)F)c3F)cc2F)cc1. The molecule has 0 aliphatic carbocycles. The number of hydrogen-bond acceptors (Lipinski definition) is 0. The Balaban J connectivity index is 1.69. The van der Waals surface area contributed by atoms with Crippen LogP contribution >= 0.6 is 0 Å². The van der Waals surface area contributed by atoms with Crippen molar-refractivity contribution in [1.82, 2.24) is 0 Å². The standard InChI is InChI=1S/C27H26F4/c1-3-6-19-10-12-20(13-11-19)7-4-5-8-21-14-15-22(17-24(21)28)23-16-9-18(2)25(26(23)29)27(30)31/h5,8-17,27H,3-4,6-7H2,1-2H3. The van der Waals surface area contributed by atoms with Crippen molar-refractivity contribution in [3.63, 3.8) is 0 Å². The lowest BCUT2D eigenvalue weighted by molar-refractivity contribution is 0.145. The minimum atomic E-state index is -2.92. The van der Waals surface area contributed by atoms with Crippen LogP contribution in [0.4, 0.5) is 17.6 Å². The Hall–Kier alpha value is -2.88. The van der Waals surface area contributed by atoms with E-state index < -0.39 is 23.6 Å². The third-order valence-corrected chi connectivity index (χ3v) is 5.39. The first kappa shape index (κ1) is 22.8. The molecule has 0 spiro atoms. The molecule has 0 bridgehead atoms. The van der Waals surface area contributed by atoms with Gasteiger partial charge in [-0.1, -0.05) is 74.0 Å². The van der Waals surface area contributed by atoms with Crippen molar-refractivity contribution in [3.8, 4) is 11.1 Å². The lowest BCUT2D eigenvalue weighted by atomic mass is 9.97. The Morgan fingerprint density at radius 2 is 1.55 bits per heavy atom. The fourth-order valence-electron chi connectivity index (χ4n) is 3.63. The normalized spacial score (nSPS) is 11.6. The molecule has 0 aliphatic heterocycles. The topological polar surface area (TPSA) is 0 Å². The molecule has 3 aromatic rings. The van der Waals surface area contributed by atoms with Crippen molar-refractivity contribution in [1.29, 1.82) is 0 Å². The van der Waals surface area contributed by atoms with Crippen LogP contribution in [0.5, 0.6) is 0 Å². The second-order valence-corrected chi connectivity index (χ2v) is 7.70. The monoisotopic (exact) mass is 426 g/mol. The van der Waals surface area contributed by atoms with E-state index in [1.165, 1.54) is 36.2 Å². The molecule has 0 atom stereocenters. The summed E-state index contributed by atoms with van der Waals surface area (Å²) in [7, 11) is 0. The highest BCUT2D eigenvalue weighted by molar-refractivity contribution is 5.68. The van der Waals surface area contributed by atoms with Crippen molar-refractivity contribution in [2.75, 3.05) is 0 Å². The molecular weight excluding hydrogens is 400 g/mol. The molecule has 0 saturated heterocycles. The summed E-state index contributed by atoms with van der Waals surface area (Å²) >= 11 is 0. The summed E-state index contributed by atoms with van der Waals surface area (Å²) in [6.07, 6.45) is 4.49. The third kappa shape index (κ3) is 5.63. The summed E-state index contributed by atoms with van der Waals surface area (Å²) < 4.78 is 55.4. The Morgan fingerprint density at radius 1 is 0.871 bits per heavy atom. The lowest BCUT2D eigenvalue weighted by Gasteiger charge is -2.11. The number of benzene rings is 3. The van der Waals surface area contributed by atoms with Crippen LogP contribution in [0.3, 0.4) is 0 Å². The van der Waals surface area contributed by atoms with Crippen molar-refractivity contribution >= 4 is 6.08 Å². The van der Waals surface area contributed by atoms with Gasteiger partial charge in [-0.2, -0.15) is 0 Å². The van der Waals surface area contributed by atoms with E-state index in [0.29, 0.717) is 5.56 Å². The third-order valence-electron chi connectivity index (χ3n) is 5.39. The molecular formula is C27H26F4. The summed E-state index contributed by atoms with van der Waals surface area (Å²) in [6.45, 7) is 3.59.